The molecule has 0 saturated heterocycles. The second kappa shape index (κ2) is 8.64. The smallest absolute Gasteiger partial charge is 0.343 e. The molecule has 0 heterocycles. The van der Waals surface area contributed by atoms with Crippen LogP contribution in [0.4, 0.5) is 8.78 Å². The second-order valence-corrected chi connectivity index (χ2v) is 7.53. The lowest BCUT2D eigenvalue weighted by atomic mass is 9.77. The molecule has 4 heteroatoms. The molecule has 1 aliphatic rings. The fourth-order valence-corrected chi connectivity index (χ4v) is 3.93. The molecule has 2 nitrogen and oxygen atoms in total. The van der Waals surface area contributed by atoms with Gasteiger partial charge in [0.25, 0.3) is 0 Å². The molecule has 0 unspecified atom stereocenters. The van der Waals surface area contributed by atoms with Gasteiger partial charge in [0.1, 0.15) is 17.4 Å². The Morgan fingerprint density at radius 3 is 2.19 bits per heavy atom. The highest BCUT2D eigenvalue weighted by atomic mass is 19.1. The Labute approximate surface area is 159 Å². The Hall–Kier alpha value is -2.23. The van der Waals surface area contributed by atoms with Gasteiger partial charge in [0.15, 0.2) is 0 Å². The monoisotopic (exact) mass is 372 g/mol. The summed E-state index contributed by atoms with van der Waals surface area (Å²) in [7, 11) is 0. The summed E-state index contributed by atoms with van der Waals surface area (Å²) >= 11 is 0. The van der Waals surface area contributed by atoms with E-state index >= 15 is 0 Å². The van der Waals surface area contributed by atoms with Crippen LogP contribution in [0, 0.1) is 24.5 Å². The summed E-state index contributed by atoms with van der Waals surface area (Å²) in [6.45, 7) is 3.58. The minimum atomic E-state index is -0.730. The molecule has 0 aliphatic heterocycles. The van der Waals surface area contributed by atoms with Gasteiger partial charge >= 0.3 is 5.97 Å². The summed E-state index contributed by atoms with van der Waals surface area (Å²) in [6, 6.07) is 9.46. The topological polar surface area (TPSA) is 26.3 Å². The number of carbonyl (C=O) groups is 1. The zero-order valence-electron chi connectivity index (χ0n) is 15.9. The summed E-state index contributed by atoms with van der Waals surface area (Å²) in [5.74, 6) is -0.798. The predicted molar refractivity (Wildman–Crippen MR) is 102 cm³/mol. The van der Waals surface area contributed by atoms with Gasteiger partial charge in [-0.05, 0) is 62.1 Å². The third-order valence-electron chi connectivity index (χ3n) is 5.63. The number of ether oxygens (including phenoxy) is 1. The van der Waals surface area contributed by atoms with Gasteiger partial charge in [-0.2, -0.15) is 0 Å². The summed E-state index contributed by atoms with van der Waals surface area (Å²) in [5, 5.41) is 0. The quantitative estimate of drug-likeness (QED) is 0.438. The third kappa shape index (κ3) is 4.74. The maximum atomic E-state index is 13.6. The summed E-state index contributed by atoms with van der Waals surface area (Å²) in [4.78, 5) is 12.3. The van der Waals surface area contributed by atoms with E-state index in [4.69, 9.17) is 4.74 Å². The minimum absolute atomic E-state index is 0.0900. The van der Waals surface area contributed by atoms with Crippen molar-refractivity contribution in [2.75, 3.05) is 0 Å². The van der Waals surface area contributed by atoms with Gasteiger partial charge in [0, 0.05) is 17.7 Å². The fraction of sp³-hybridized carbons (Fsp3) is 0.435. The highest BCUT2D eigenvalue weighted by molar-refractivity contribution is 5.91. The standard InChI is InChI=1S/C23H26F2O2/c1-3-4-16-5-7-17(8-6-16)18-9-11-19(12-10-18)23(26)27-20-13-21(24)15(2)22(25)14-20/h9-14,16-17H,3-8H2,1-2H3. The number of hydrogen-bond acceptors (Lipinski definition) is 2. The van der Waals surface area contributed by atoms with Crippen molar-refractivity contribution in [3.05, 3.63) is 64.7 Å². The van der Waals surface area contributed by atoms with Gasteiger partial charge in [0.05, 0.1) is 5.56 Å². The highest BCUT2D eigenvalue weighted by Gasteiger charge is 2.22. The number of hydrogen-bond donors (Lipinski definition) is 0. The predicted octanol–water partition coefficient (Wildman–Crippen LogP) is 6.57. The van der Waals surface area contributed by atoms with Crippen LogP contribution in [0.3, 0.4) is 0 Å². The molecule has 0 amide bonds. The van der Waals surface area contributed by atoms with Crippen LogP contribution in [-0.4, -0.2) is 5.97 Å². The number of halogens is 2. The van der Waals surface area contributed by atoms with E-state index in [0.717, 1.165) is 18.1 Å². The van der Waals surface area contributed by atoms with Gasteiger partial charge in [0.2, 0.25) is 0 Å². The molecule has 27 heavy (non-hydrogen) atoms. The maximum absolute atomic E-state index is 13.6. The molecule has 0 spiro atoms. The summed E-state index contributed by atoms with van der Waals surface area (Å²) in [5.41, 5.74) is 1.53. The van der Waals surface area contributed by atoms with Crippen molar-refractivity contribution in [2.45, 2.75) is 58.3 Å². The van der Waals surface area contributed by atoms with Crippen molar-refractivity contribution in [3.8, 4) is 5.75 Å². The van der Waals surface area contributed by atoms with Gasteiger partial charge in [-0.3, -0.25) is 0 Å². The molecule has 0 N–H and O–H groups in total. The van der Waals surface area contributed by atoms with E-state index in [1.165, 1.54) is 51.0 Å². The van der Waals surface area contributed by atoms with Crippen molar-refractivity contribution in [3.63, 3.8) is 0 Å². The SMILES string of the molecule is CCCC1CCC(c2ccc(C(=O)Oc3cc(F)c(C)c(F)c3)cc2)CC1. The zero-order chi connectivity index (χ0) is 19.4. The Morgan fingerprint density at radius 2 is 1.63 bits per heavy atom. The Bertz CT molecular complexity index is 768. The first-order valence-electron chi connectivity index (χ1n) is 9.75. The lowest BCUT2D eigenvalue weighted by Crippen LogP contribution is -2.14. The number of benzene rings is 2. The van der Waals surface area contributed by atoms with E-state index < -0.39 is 17.6 Å². The van der Waals surface area contributed by atoms with Crippen LogP contribution in [0.15, 0.2) is 36.4 Å². The summed E-state index contributed by atoms with van der Waals surface area (Å²) in [6.07, 6.45) is 7.49. The molecule has 0 aromatic heterocycles. The molecular formula is C23H26F2O2. The third-order valence-corrected chi connectivity index (χ3v) is 5.63. The van der Waals surface area contributed by atoms with E-state index in [9.17, 15) is 13.6 Å². The fourth-order valence-electron chi connectivity index (χ4n) is 3.93. The molecule has 0 radical (unpaired) electrons. The van der Waals surface area contributed by atoms with Gasteiger partial charge in [-0.15, -0.1) is 0 Å². The number of esters is 1. The Balaban J connectivity index is 1.62. The van der Waals surface area contributed by atoms with E-state index in [1.807, 2.05) is 12.1 Å². The normalized spacial score (nSPS) is 19.7. The van der Waals surface area contributed by atoms with E-state index in [2.05, 4.69) is 6.92 Å². The summed E-state index contributed by atoms with van der Waals surface area (Å²) < 4.78 is 32.3. The minimum Gasteiger partial charge on any atom is -0.423 e. The van der Waals surface area contributed by atoms with E-state index in [-0.39, 0.29) is 11.3 Å². The van der Waals surface area contributed by atoms with Crippen molar-refractivity contribution < 1.29 is 18.3 Å². The van der Waals surface area contributed by atoms with Gasteiger partial charge in [-0.25, -0.2) is 13.6 Å². The number of carbonyl (C=O) groups excluding carboxylic acids is 1. The lowest BCUT2D eigenvalue weighted by molar-refractivity contribution is 0.0734. The average Bonchev–Trinajstić information content (AvgIpc) is 2.67. The van der Waals surface area contributed by atoms with Crippen LogP contribution in [0.5, 0.6) is 5.75 Å². The van der Waals surface area contributed by atoms with Crippen LogP contribution < -0.4 is 4.74 Å². The van der Waals surface area contributed by atoms with Crippen molar-refractivity contribution >= 4 is 5.97 Å². The first-order chi connectivity index (χ1) is 13.0. The highest BCUT2D eigenvalue weighted by Crippen LogP contribution is 2.37. The van der Waals surface area contributed by atoms with Crippen LogP contribution in [0.2, 0.25) is 0 Å². The van der Waals surface area contributed by atoms with Crippen LogP contribution in [0.1, 0.15) is 72.9 Å². The molecule has 1 fully saturated rings. The first-order valence-corrected chi connectivity index (χ1v) is 9.75. The van der Waals surface area contributed by atoms with Gasteiger partial charge in [-0.1, -0.05) is 31.9 Å². The largest absolute Gasteiger partial charge is 0.423 e. The molecule has 3 rings (SSSR count). The second-order valence-electron chi connectivity index (χ2n) is 7.53. The van der Waals surface area contributed by atoms with E-state index in [0.29, 0.717) is 11.5 Å². The van der Waals surface area contributed by atoms with Crippen molar-refractivity contribution in [1.29, 1.82) is 0 Å². The maximum Gasteiger partial charge on any atom is 0.343 e. The van der Waals surface area contributed by atoms with Crippen LogP contribution in [0.25, 0.3) is 0 Å². The van der Waals surface area contributed by atoms with Crippen LogP contribution >= 0.6 is 0 Å². The number of rotatable bonds is 5. The molecule has 2 aromatic rings. The molecule has 0 bridgehead atoms. The van der Waals surface area contributed by atoms with Crippen molar-refractivity contribution in [2.24, 2.45) is 5.92 Å². The zero-order valence-corrected chi connectivity index (χ0v) is 15.9. The molecule has 1 saturated carbocycles. The first kappa shape index (κ1) is 19.5. The van der Waals surface area contributed by atoms with E-state index in [1.54, 1.807) is 12.1 Å². The molecule has 0 atom stereocenters. The average molecular weight is 372 g/mol. The Kier molecular flexibility index (Phi) is 6.25. The molecule has 144 valence electrons. The lowest BCUT2D eigenvalue weighted by Gasteiger charge is -2.28. The Morgan fingerprint density at radius 1 is 1.04 bits per heavy atom. The molecule has 2 aromatic carbocycles. The van der Waals surface area contributed by atoms with Crippen LogP contribution in [-0.2, 0) is 0 Å². The molecular weight excluding hydrogens is 346 g/mol. The van der Waals surface area contributed by atoms with Crippen molar-refractivity contribution in [1.82, 2.24) is 0 Å². The van der Waals surface area contributed by atoms with Gasteiger partial charge < -0.3 is 4.74 Å². The molecule has 1 aliphatic carbocycles.